The van der Waals surface area contributed by atoms with Gasteiger partial charge in [-0.15, -0.1) is 0 Å². The molecule has 0 spiro atoms. The number of nitrogens with one attached hydrogen (secondary N) is 2. The van der Waals surface area contributed by atoms with E-state index in [0.29, 0.717) is 18.9 Å². The van der Waals surface area contributed by atoms with Crippen LogP contribution in [-0.2, 0) is 35.8 Å². The molecule has 41 heavy (non-hydrogen) atoms. The molecular formula is C25H28F3N3O8S2. The van der Waals surface area contributed by atoms with Gasteiger partial charge in [0.25, 0.3) is 10.0 Å². The van der Waals surface area contributed by atoms with E-state index in [0.717, 1.165) is 22.5 Å². The molecule has 2 aromatic carbocycles. The number of sulfonamides is 2. The molecule has 224 valence electrons. The number of halogens is 3. The van der Waals surface area contributed by atoms with Gasteiger partial charge in [-0.25, -0.2) is 21.6 Å². The van der Waals surface area contributed by atoms with Crippen molar-refractivity contribution in [2.45, 2.75) is 68.1 Å². The third-order valence-corrected chi connectivity index (χ3v) is 9.55. The predicted molar refractivity (Wildman–Crippen MR) is 141 cm³/mol. The van der Waals surface area contributed by atoms with Gasteiger partial charge in [-0.05, 0) is 70.0 Å². The van der Waals surface area contributed by atoms with Gasteiger partial charge in [0.2, 0.25) is 15.9 Å². The number of carbonyl (C=O) groups excluding carboxylic acids is 2. The molecule has 1 aliphatic heterocycles. The molecule has 11 nitrogen and oxygen atoms in total. The van der Waals surface area contributed by atoms with Crippen molar-refractivity contribution < 1.29 is 49.1 Å². The zero-order valence-corrected chi connectivity index (χ0v) is 23.8. The fourth-order valence-electron chi connectivity index (χ4n) is 3.97. The Balaban J connectivity index is 1.68. The molecule has 0 radical (unpaired) electrons. The maximum atomic E-state index is 13.7. The van der Waals surface area contributed by atoms with Crippen LogP contribution in [0.3, 0.4) is 0 Å². The molecule has 1 fully saturated rings. The standard InChI is InChI=1S/C25H28F3N3O8S2/c1-24(2,3)39-23(33)29-16-7-10-21-20(12-16)31(41(36,37)19-6-4-5-15(11-19)25(26,27)28)14-17(38-21)13-22(32)30-40(34,35)18-8-9-18/h4-7,10-12,17-18H,8-9,13-14H2,1-3H3,(H,29,33)(H,30,32)/t17-/m0/s1. The van der Waals surface area contributed by atoms with E-state index in [1.165, 1.54) is 18.2 Å². The molecule has 4 rings (SSSR count). The quantitative estimate of drug-likeness (QED) is 0.473. The van der Waals surface area contributed by atoms with Crippen LogP contribution in [-0.4, -0.2) is 52.3 Å². The summed E-state index contributed by atoms with van der Waals surface area (Å²) in [7, 11) is -8.56. The summed E-state index contributed by atoms with van der Waals surface area (Å²) in [4.78, 5) is 24.1. The normalized spacial score (nSPS) is 17.7. The predicted octanol–water partition coefficient (Wildman–Crippen LogP) is 4.01. The lowest BCUT2D eigenvalue weighted by molar-refractivity contribution is -0.137. The highest BCUT2D eigenvalue weighted by molar-refractivity contribution is 7.92. The van der Waals surface area contributed by atoms with E-state index in [1.807, 2.05) is 4.72 Å². The Morgan fingerprint density at radius 1 is 1.05 bits per heavy atom. The van der Waals surface area contributed by atoms with Gasteiger partial charge in [0.05, 0.1) is 34.4 Å². The Kier molecular flexibility index (Phi) is 7.94. The number of hydrogen-bond acceptors (Lipinski definition) is 8. The lowest BCUT2D eigenvalue weighted by Gasteiger charge is -2.35. The van der Waals surface area contributed by atoms with E-state index in [4.69, 9.17) is 9.47 Å². The SMILES string of the molecule is CC(C)(C)OC(=O)Nc1ccc2c(c1)N(S(=O)(=O)c1cccc(C(F)(F)F)c1)C[C@H](CC(=O)NS(=O)(=O)C1CC1)O2. The van der Waals surface area contributed by atoms with Gasteiger partial charge >= 0.3 is 12.3 Å². The number of anilines is 2. The highest BCUT2D eigenvalue weighted by Crippen LogP contribution is 2.40. The average Bonchev–Trinajstić information content (AvgIpc) is 3.68. The molecule has 1 atom stereocenters. The number of carbonyl (C=O) groups is 2. The van der Waals surface area contributed by atoms with E-state index in [-0.39, 0.29) is 17.1 Å². The van der Waals surface area contributed by atoms with Crippen LogP contribution >= 0.6 is 0 Å². The van der Waals surface area contributed by atoms with Crippen molar-refractivity contribution in [3.63, 3.8) is 0 Å². The monoisotopic (exact) mass is 619 g/mol. The van der Waals surface area contributed by atoms with Gasteiger partial charge in [0, 0.05) is 5.69 Å². The fourth-order valence-corrected chi connectivity index (χ4v) is 6.84. The van der Waals surface area contributed by atoms with Crippen molar-refractivity contribution in [2.24, 2.45) is 0 Å². The zero-order chi connectivity index (χ0) is 30.4. The Morgan fingerprint density at radius 3 is 2.34 bits per heavy atom. The average molecular weight is 620 g/mol. The van der Waals surface area contributed by atoms with Gasteiger partial charge in [-0.1, -0.05) is 6.07 Å². The largest absolute Gasteiger partial charge is 0.486 e. The summed E-state index contributed by atoms with van der Waals surface area (Å²) in [5.41, 5.74) is -2.05. The van der Waals surface area contributed by atoms with Crippen LogP contribution < -0.4 is 19.1 Å². The van der Waals surface area contributed by atoms with E-state index in [9.17, 15) is 39.6 Å². The maximum Gasteiger partial charge on any atom is 0.416 e. The number of rotatable bonds is 7. The highest BCUT2D eigenvalue weighted by Gasteiger charge is 2.40. The van der Waals surface area contributed by atoms with Crippen molar-refractivity contribution in [3.8, 4) is 5.75 Å². The first kappa shape index (κ1) is 30.4. The first-order valence-corrected chi connectivity index (χ1v) is 15.4. The molecule has 1 heterocycles. The Morgan fingerprint density at radius 2 is 1.73 bits per heavy atom. The second kappa shape index (κ2) is 10.7. The van der Waals surface area contributed by atoms with E-state index < -0.39 is 78.6 Å². The molecule has 0 unspecified atom stereocenters. The highest BCUT2D eigenvalue weighted by atomic mass is 32.2. The molecular weight excluding hydrogens is 591 g/mol. The number of amides is 2. The van der Waals surface area contributed by atoms with Crippen molar-refractivity contribution in [3.05, 3.63) is 48.0 Å². The van der Waals surface area contributed by atoms with Crippen LogP contribution in [0, 0.1) is 0 Å². The van der Waals surface area contributed by atoms with Crippen molar-refractivity contribution in [2.75, 3.05) is 16.2 Å². The zero-order valence-electron chi connectivity index (χ0n) is 22.2. The number of ether oxygens (including phenoxy) is 2. The van der Waals surface area contributed by atoms with Gasteiger partial charge in [-0.3, -0.25) is 19.1 Å². The van der Waals surface area contributed by atoms with Crippen molar-refractivity contribution >= 4 is 43.4 Å². The summed E-state index contributed by atoms with van der Waals surface area (Å²) in [6.07, 6.45) is -6.57. The maximum absolute atomic E-state index is 13.7. The van der Waals surface area contributed by atoms with Crippen LogP contribution in [0.2, 0.25) is 0 Å². The molecule has 2 aromatic rings. The number of nitrogens with zero attached hydrogens (tertiary/aromatic N) is 1. The van der Waals surface area contributed by atoms with Crippen LogP contribution in [0.4, 0.5) is 29.3 Å². The minimum Gasteiger partial charge on any atom is -0.486 e. The fraction of sp³-hybridized carbons (Fsp3) is 0.440. The molecule has 2 amide bonds. The Hall–Kier alpha value is -3.53. The third-order valence-electron chi connectivity index (χ3n) is 5.92. The number of benzene rings is 2. The molecule has 2 aliphatic rings. The molecule has 1 aliphatic carbocycles. The summed E-state index contributed by atoms with van der Waals surface area (Å²) >= 11 is 0. The second-order valence-corrected chi connectivity index (χ2v) is 14.4. The number of hydrogen-bond donors (Lipinski definition) is 2. The number of alkyl halides is 3. The summed E-state index contributed by atoms with van der Waals surface area (Å²) in [6, 6.07) is 7.06. The number of fused-ring (bicyclic) bond motifs is 1. The summed E-state index contributed by atoms with van der Waals surface area (Å²) in [6.45, 7) is 4.38. The molecule has 16 heteroatoms. The molecule has 0 bridgehead atoms. The van der Waals surface area contributed by atoms with Crippen molar-refractivity contribution in [1.29, 1.82) is 0 Å². The lowest BCUT2D eigenvalue weighted by Crippen LogP contribution is -2.46. The third kappa shape index (κ3) is 7.41. The Labute approximate surface area is 235 Å². The summed E-state index contributed by atoms with van der Waals surface area (Å²) in [5.74, 6) is -0.991. The van der Waals surface area contributed by atoms with Crippen LogP contribution in [0.5, 0.6) is 5.75 Å². The van der Waals surface area contributed by atoms with Crippen LogP contribution in [0.25, 0.3) is 0 Å². The first-order chi connectivity index (χ1) is 18.8. The smallest absolute Gasteiger partial charge is 0.416 e. The molecule has 0 aromatic heterocycles. The first-order valence-electron chi connectivity index (χ1n) is 12.4. The van der Waals surface area contributed by atoms with E-state index >= 15 is 0 Å². The minimum atomic E-state index is -4.81. The van der Waals surface area contributed by atoms with E-state index in [1.54, 1.807) is 20.8 Å². The second-order valence-electron chi connectivity index (χ2n) is 10.6. The topological polar surface area (TPSA) is 148 Å². The van der Waals surface area contributed by atoms with Crippen LogP contribution in [0.1, 0.15) is 45.6 Å². The molecule has 1 saturated carbocycles. The lowest BCUT2D eigenvalue weighted by atomic mass is 10.1. The van der Waals surface area contributed by atoms with Gasteiger partial charge in [-0.2, -0.15) is 13.2 Å². The minimum absolute atomic E-state index is 0.0654. The van der Waals surface area contributed by atoms with E-state index in [2.05, 4.69) is 5.32 Å². The van der Waals surface area contributed by atoms with Gasteiger partial charge in [0.15, 0.2) is 0 Å². The molecule has 0 saturated heterocycles. The van der Waals surface area contributed by atoms with Crippen molar-refractivity contribution in [1.82, 2.24) is 4.72 Å². The molecule has 2 N–H and O–H groups in total. The summed E-state index contributed by atoms with van der Waals surface area (Å²) < 4.78 is 105. The van der Waals surface area contributed by atoms with Crippen LogP contribution in [0.15, 0.2) is 47.4 Å². The van der Waals surface area contributed by atoms with Gasteiger partial charge in [0.1, 0.15) is 17.5 Å². The van der Waals surface area contributed by atoms with Gasteiger partial charge < -0.3 is 9.47 Å². The summed E-state index contributed by atoms with van der Waals surface area (Å²) in [5, 5.41) is 1.78. The Bertz CT molecular complexity index is 1570.